The number of esters is 1. The van der Waals surface area contributed by atoms with Gasteiger partial charge < -0.3 is 14.8 Å². The summed E-state index contributed by atoms with van der Waals surface area (Å²) in [6.45, 7) is 9.64. The van der Waals surface area contributed by atoms with Crippen molar-refractivity contribution in [1.82, 2.24) is 10.2 Å². The maximum absolute atomic E-state index is 12.9. The van der Waals surface area contributed by atoms with Crippen molar-refractivity contribution in [3.63, 3.8) is 0 Å². The number of ether oxygens (including phenoxy) is 2. The average Bonchev–Trinajstić information content (AvgIpc) is 3.13. The van der Waals surface area contributed by atoms with Crippen molar-refractivity contribution >= 4 is 18.0 Å². The summed E-state index contributed by atoms with van der Waals surface area (Å²) in [5.41, 5.74) is 0.240. The van der Waals surface area contributed by atoms with Gasteiger partial charge in [0.15, 0.2) is 0 Å². The van der Waals surface area contributed by atoms with E-state index in [9.17, 15) is 14.4 Å². The van der Waals surface area contributed by atoms with Crippen LogP contribution in [0.3, 0.4) is 0 Å². The van der Waals surface area contributed by atoms with Crippen LogP contribution >= 0.6 is 0 Å². The molecule has 2 amide bonds. The molecule has 0 spiro atoms. The number of hydrogen-bond acceptors (Lipinski definition) is 5. The number of carbonyl (C=O) groups excluding carboxylic acids is 3. The lowest BCUT2D eigenvalue weighted by atomic mass is 10.0. The molecule has 0 saturated carbocycles. The summed E-state index contributed by atoms with van der Waals surface area (Å²) in [6.07, 6.45) is 0.736. The standard InChI is InChI=1S/C22H32N2O5/c1-15(2)18(20(26)28-14-16-10-7-6-8-11-16)23-19(25)17-12-9-13-24(17)21(27)29-22(3,4)5/h6-8,10-11,15,17-18H,9,12-14H2,1-5H3,(H,23,25)/t17?,18-/m0/s1. The predicted molar refractivity (Wildman–Crippen MR) is 109 cm³/mol. The first-order valence-corrected chi connectivity index (χ1v) is 10.1. The fraction of sp³-hybridized carbons (Fsp3) is 0.591. The summed E-state index contributed by atoms with van der Waals surface area (Å²) >= 11 is 0. The molecule has 1 heterocycles. The number of nitrogens with one attached hydrogen (secondary N) is 1. The van der Waals surface area contributed by atoms with Crippen LogP contribution in [0.4, 0.5) is 4.79 Å². The SMILES string of the molecule is CC(C)[C@H](NC(=O)C1CCCN1C(=O)OC(C)(C)C)C(=O)OCc1ccccc1. The Morgan fingerprint density at radius 2 is 1.83 bits per heavy atom. The molecule has 0 aliphatic carbocycles. The Kier molecular flexibility index (Phi) is 7.65. The third-order valence-corrected chi connectivity index (χ3v) is 4.63. The van der Waals surface area contributed by atoms with E-state index < -0.39 is 29.7 Å². The molecule has 1 unspecified atom stereocenters. The van der Waals surface area contributed by atoms with E-state index in [1.54, 1.807) is 20.8 Å². The summed E-state index contributed by atoms with van der Waals surface area (Å²) < 4.78 is 10.8. The Morgan fingerprint density at radius 1 is 1.17 bits per heavy atom. The second-order valence-electron chi connectivity index (χ2n) is 8.66. The highest BCUT2D eigenvalue weighted by atomic mass is 16.6. The van der Waals surface area contributed by atoms with Gasteiger partial charge in [0.05, 0.1) is 0 Å². The molecular formula is C22H32N2O5. The van der Waals surface area contributed by atoms with Gasteiger partial charge in [0.25, 0.3) is 0 Å². The van der Waals surface area contributed by atoms with E-state index in [0.29, 0.717) is 19.4 Å². The summed E-state index contributed by atoms with van der Waals surface area (Å²) in [6, 6.07) is 7.94. The van der Waals surface area contributed by atoms with Crippen LogP contribution in [-0.4, -0.2) is 47.1 Å². The van der Waals surface area contributed by atoms with Gasteiger partial charge in [0.1, 0.15) is 24.3 Å². The van der Waals surface area contributed by atoms with Crippen molar-refractivity contribution in [2.75, 3.05) is 6.54 Å². The molecule has 1 aromatic carbocycles. The zero-order chi connectivity index (χ0) is 21.6. The number of rotatable bonds is 6. The van der Waals surface area contributed by atoms with Gasteiger partial charge in [-0.3, -0.25) is 9.69 Å². The van der Waals surface area contributed by atoms with Crippen LogP contribution in [0.15, 0.2) is 30.3 Å². The minimum atomic E-state index is -0.785. The highest BCUT2D eigenvalue weighted by molar-refractivity contribution is 5.90. The number of amides is 2. The Labute approximate surface area is 172 Å². The molecule has 29 heavy (non-hydrogen) atoms. The van der Waals surface area contributed by atoms with Crippen LogP contribution < -0.4 is 5.32 Å². The molecule has 7 heteroatoms. The van der Waals surface area contributed by atoms with Crippen molar-refractivity contribution in [2.45, 2.75) is 71.8 Å². The van der Waals surface area contributed by atoms with Crippen LogP contribution in [0.5, 0.6) is 0 Å². The first kappa shape index (κ1) is 22.7. The van der Waals surface area contributed by atoms with Crippen molar-refractivity contribution in [3.05, 3.63) is 35.9 Å². The van der Waals surface area contributed by atoms with Crippen LogP contribution in [0, 0.1) is 5.92 Å². The summed E-state index contributed by atoms with van der Waals surface area (Å²) in [7, 11) is 0. The van der Waals surface area contributed by atoms with Crippen molar-refractivity contribution in [3.8, 4) is 0 Å². The van der Waals surface area contributed by atoms with Crippen LogP contribution in [0.1, 0.15) is 53.0 Å². The third-order valence-electron chi connectivity index (χ3n) is 4.63. The molecule has 0 radical (unpaired) electrons. The average molecular weight is 405 g/mol. The molecule has 1 fully saturated rings. The maximum Gasteiger partial charge on any atom is 0.410 e. The monoisotopic (exact) mass is 404 g/mol. The molecule has 1 aliphatic rings. The fourth-order valence-corrected chi connectivity index (χ4v) is 3.14. The Balaban J connectivity index is 1.98. The van der Waals surface area contributed by atoms with Crippen molar-refractivity contribution in [2.24, 2.45) is 5.92 Å². The van der Waals surface area contributed by atoms with E-state index >= 15 is 0 Å². The van der Waals surface area contributed by atoms with Gasteiger partial charge in [-0.15, -0.1) is 0 Å². The van der Waals surface area contributed by atoms with E-state index in [2.05, 4.69) is 5.32 Å². The molecule has 1 N–H and O–H groups in total. The highest BCUT2D eigenvalue weighted by Crippen LogP contribution is 2.21. The normalized spacial score (nSPS) is 17.7. The molecule has 2 atom stereocenters. The summed E-state index contributed by atoms with van der Waals surface area (Å²) in [5, 5.41) is 2.78. The zero-order valence-electron chi connectivity index (χ0n) is 17.9. The minimum absolute atomic E-state index is 0.145. The maximum atomic E-state index is 12.9. The van der Waals surface area contributed by atoms with Gasteiger partial charge in [-0.25, -0.2) is 9.59 Å². The molecule has 160 valence electrons. The number of likely N-dealkylation sites (tertiary alicyclic amines) is 1. The smallest absolute Gasteiger partial charge is 0.410 e. The molecular weight excluding hydrogens is 372 g/mol. The lowest BCUT2D eigenvalue weighted by Crippen LogP contribution is -2.53. The van der Waals surface area contributed by atoms with Crippen LogP contribution in [0.25, 0.3) is 0 Å². The lowest BCUT2D eigenvalue weighted by Gasteiger charge is -2.29. The van der Waals surface area contributed by atoms with Gasteiger partial charge in [0, 0.05) is 6.54 Å². The Hall–Kier alpha value is -2.57. The molecule has 7 nitrogen and oxygen atoms in total. The minimum Gasteiger partial charge on any atom is -0.459 e. The van der Waals surface area contributed by atoms with Gasteiger partial charge in [-0.05, 0) is 45.1 Å². The molecule has 1 aromatic rings. The Morgan fingerprint density at radius 3 is 2.41 bits per heavy atom. The van der Waals surface area contributed by atoms with Gasteiger partial charge in [-0.2, -0.15) is 0 Å². The zero-order valence-corrected chi connectivity index (χ0v) is 17.9. The van der Waals surface area contributed by atoms with E-state index in [-0.39, 0.29) is 18.4 Å². The van der Waals surface area contributed by atoms with Gasteiger partial charge >= 0.3 is 12.1 Å². The highest BCUT2D eigenvalue weighted by Gasteiger charge is 2.38. The lowest BCUT2D eigenvalue weighted by molar-refractivity contribution is -0.150. The third kappa shape index (κ3) is 6.76. The molecule has 2 rings (SSSR count). The number of benzene rings is 1. The van der Waals surface area contributed by atoms with E-state index in [0.717, 1.165) is 5.56 Å². The van der Waals surface area contributed by atoms with Crippen LogP contribution in [-0.2, 0) is 25.7 Å². The van der Waals surface area contributed by atoms with Crippen LogP contribution in [0.2, 0.25) is 0 Å². The fourth-order valence-electron chi connectivity index (χ4n) is 3.14. The number of hydrogen-bond donors (Lipinski definition) is 1. The van der Waals surface area contributed by atoms with E-state index in [4.69, 9.17) is 9.47 Å². The topological polar surface area (TPSA) is 84.9 Å². The Bertz CT molecular complexity index is 712. The van der Waals surface area contributed by atoms with E-state index in [1.165, 1.54) is 4.90 Å². The quantitative estimate of drug-likeness (QED) is 0.736. The van der Waals surface area contributed by atoms with E-state index in [1.807, 2.05) is 44.2 Å². The largest absolute Gasteiger partial charge is 0.459 e. The number of carbonyl (C=O) groups is 3. The molecule has 1 aliphatic heterocycles. The van der Waals surface area contributed by atoms with Crippen molar-refractivity contribution < 1.29 is 23.9 Å². The molecule has 0 aromatic heterocycles. The number of nitrogens with zero attached hydrogens (tertiary/aromatic N) is 1. The summed E-state index contributed by atoms with van der Waals surface area (Å²) in [4.78, 5) is 39.3. The molecule has 1 saturated heterocycles. The predicted octanol–water partition coefficient (Wildman–Crippen LogP) is 3.27. The first-order chi connectivity index (χ1) is 13.6. The van der Waals surface area contributed by atoms with Gasteiger partial charge in [-0.1, -0.05) is 44.2 Å². The second kappa shape index (κ2) is 9.76. The first-order valence-electron chi connectivity index (χ1n) is 10.1. The van der Waals surface area contributed by atoms with Gasteiger partial charge in [0.2, 0.25) is 5.91 Å². The second-order valence-corrected chi connectivity index (χ2v) is 8.66. The molecule has 0 bridgehead atoms. The summed E-state index contributed by atoms with van der Waals surface area (Å²) in [5.74, 6) is -0.999. The van der Waals surface area contributed by atoms with Crippen molar-refractivity contribution in [1.29, 1.82) is 0 Å².